The highest BCUT2D eigenvalue weighted by atomic mass is 16.5. The number of carbonyl (C=O) groups is 3. The van der Waals surface area contributed by atoms with Crippen LogP contribution in [0.2, 0.25) is 0 Å². The number of anilines is 1. The number of carbonyl (C=O) groups excluding carboxylic acids is 3. The first-order chi connectivity index (χ1) is 11.8. The second kappa shape index (κ2) is 7.21. The number of benzene rings is 1. The second-order valence-corrected chi connectivity index (χ2v) is 5.54. The first-order valence-electron chi connectivity index (χ1n) is 7.55. The molecule has 1 aromatic heterocycles. The molecule has 0 aliphatic rings. The van der Waals surface area contributed by atoms with E-state index in [4.69, 9.17) is 4.74 Å². The van der Waals surface area contributed by atoms with Crippen LogP contribution in [0.3, 0.4) is 0 Å². The van der Waals surface area contributed by atoms with Gasteiger partial charge in [0.05, 0.1) is 36.6 Å². The number of aromatic nitrogens is 1. The lowest BCUT2D eigenvalue weighted by Gasteiger charge is -2.11. The van der Waals surface area contributed by atoms with Crippen molar-refractivity contribution in [3.05, 3.63) is 52.3 Å². The summed E-state index contributed by atoms with van der Waals surface area (Å²) in [7, 11) is 4.36. The SMILES string of the molecule is COC(=O)c1ccc(C(=O)OC)c(NC(=O)c2cc(C)n(C)c2C)c1. The normalized spacial score (nSPS) is 10.3. The first kappa shape index (κ1) is 18.3. The Morgan fingerprint density at radius 3 is 2.12 bits per heavy atom. The number of methoxy groups -OCH3 is 2. The van der Waals surface area contributed by atoms with Crippen LogP contribution in [-0.2, 0) is 16.5 Å². The Labute approximate surface area is 145 Å². The van der Waals surface area contributed by atoms with E-state index in [0.717, 1.165) is 11.4 Å². The Balaban J connectivity index is 2.44. The zero-order valence-electron chi connectivity index (χ0n) is 14.8. The van der Waals surface area contributed by atoms with Crippen LogP contribution in [-0.4, -0.2) is 36.6 Å². The summed E-state index contributed by atoms with van der Waals surface area (Å²) in [6.07, 6.45) is 0. The number of aryl methyl sites for hydroxylation is 1. The lowest BCUT2D eigenvalue weighted by molar-refractivity contribution is 0.0587. The van der Waals surface area contributed by atoms with Gasteiger partial charge < -0.3 is 19.4 Å². The zero-order chi connectivity index (χ0) is 18.7. The highest BCUT2D eigenvalue weighted by Crippen LogP contribution is 2.22. The average Bonchev–Trinajstić information content (AvgIpc) is 2.87. The zero-order valence-corrected chi connectivity index (χ0v) is 14.8. The first-order valence-corrected chi connectivity index (χ1v) is 7.55. The van der Waals surface area contributed by atoms with Crippen LogP contribution >= 0.6 is 0 Å². The molecule has 0 aliphatic heterocycles. The van der Waals surface area contributed by atoms with Gasteiger partial charge in [0.2, 0.25) is 0 Å². The Kier molecular flexibility index (Phi) is 5.26. The molecule has 7 nitrogen and oxygen atoms in total. The van der Waals surface area contributed by atoms with Gasteiger partial charge in [-0.3, -0.25) is 4.79 Å². The van der Waals surface area contributed by atoms with Crippen LogP contribution in [0, 0.1) is 13.8 Å². The molecule has 7 heteroatoms. The van der Waals surface area contributed by atoms with E-state index in [-0.39, 0.29) is 22.7 Å². The number of nitrogens with one attached hydrogen (secondary N) is 1. The molecule has 2 rings (SSSR count). The molecule has 0 saturated carbocycles. The van der Waals surface area contributed by atoms with Crippen molar-refractivity contribution >= 4 is 23.5 Å². The minimum Gasteiger partial charge on any atom is -0.465 e. The predicted octanol–water partition coefficient (Wildman–Crippen LogP) is 2.47. The standard InChI is InChI=1S/C18H20N2O5/c1-10-8-14(11(2)20(10)3)16(21)19-15-9-12(17(22)24-4)6-7-13(15)18(23)25-5/h6-9H,1-5H3,(H,19,21). The monoisotopic (exact) mass is 344 g/mol. The van der Waals surface area contributed by atoms with Crippen molar-refractivity contribution in [3.63, 3.8) is 0 Å². The molecule has 25 heavy (non-hydrogen) atoms. The van der Waals surface area contributed by atoms with Gasteiger partial charge in [-0.15, -0.1) is 0 Å². The maximum atomic E-state index is 12.6. The van der Waals surface area contributed by atoms with E-state index >= 15 is 0 Å². The van der Waals surface area contributed by atoms with Gasteiger partial charge in [-0.05, 0) is 38.1 Å². The molecule has 0 spiro atoms. The number of hydrogen-bond donors (Lipinski definition) is 1. The molecule has 0 fully saturated rings. The van der Waals surface area contributed by atoms with Crippen molar-refractivity contribution < 1.29 is 23.9 Å². The molecule has 0 unspecified atom stereocenters. The average molecular weight is 344 g/mol. The van der Waals surface area contributed by atoms with Gasteiger partial charge in [-0.25, -0.2) is 9.59 Å². The second-order valence-electron chi connectivity index (χ2n) is 5.54. The van der Waals surface area contributed by atoms with Gasteiger partial charge in [0.1, 0.15) is 0 Å². The molecule has 0 atom stereocenters. The van der Waals surface area contributed by atoms with Gasteiger partial charge in [0.25, 0.3) is 5.91 Å². The number of amides is 1. The maximum absolute atomic E-state index is 12.6. The molecule has 1 amide bonds. The number of hydrogen-bond acceptors (Lipinski definition) is 5. The number of rotatable bonds is 4. The highest BCUT2D eigenvalue weighted by Gasteiger charge is 2.20. The fourth-order valence-corrected chi connectivity index (χ4v) is 2.46. The molecular weight excluding hydrogens is 324 g/mol. The van der Waals surface area contributed by atoms with Crippen LogP contribution in [0.4, 0.5) is 5.69 Å². The predicted molar refractivity (Wildman–Crippen MR) is 92.0 cm³/mol. The third kappa shape index (κ3) is 3.55. The Morgan fingerprint density at radius 2 is 1.60 bits per heavy atom. The summed E-state index contributed by atoms with van der Waals surface area (Å²) in [5.41, 5.74) is 2.75. The van der Waals surface area contributed by atoms with Crippen LogP contribution in [0.25, 0.3) is 0 Å². The maximum Gasteiger partial charge on any atom is 0.339 e. The third-order valence-electron chi connectivity index (χ3n) is 4.11. The molecule has 0 saturated heterocycles. The summed E-state index contributed by atoms with van der Waals surface area (Å²) in [5.74, 6) is -1.57. The largest absolute Gasteiger partial charge is 0.465 e. The molecule has 132 valence electrons. The minimum absolute atomic E-state index is 0.147. The Bertz CT molecular complexity index is 851. The van der Waals surface area contributed by atoms with Gasteiger partial charge in [-0.2, -0.15) is 0 Å². The van der Waals surface area contributed by atoms with Gasteiger partial charge >= 0.3 is 11.9 Å². The van der Waals surface area contributed by atoms with E-state index in [1.807, 2.05) is 25.5 Å². The summed E-state index contributed by atoms with van der Waals surface area (Å²) in [6, 6.07) is 6.00. The van der Waals surface area contributed by atoms with E-state index in [2.05, 4.69) is 10.1 Å². The summed E-state index contributed by atoms with van der Waals surface area (Å²) in [4.78, 5) is 36.3. The summed E-state index contributed by atoms with van der Waals surface area (Å²) >= 11 is 0. The van der Waals surface area contributed by atoms with E-state index in [1.165, 1.54) is 32.4 Å². The van der Waals surface area contributed by atoms with E-state index in [9.17, 15) is 14.4 Å². The van der Waals surface area contributed by atoms with Crippen LogP contribution in [0.15, 0.2) is 24.3 Å². The van der Waals surface area contributed by atoms with Crippen LogP contribution in [0.1, 0.15) is 42.5 Å². The fraction of sp³-hybridized carbons (Fsp3) is 0.278. The quantitative estimate of drug-likeness (QED) is 0.861. The molecule has 0 radical (unpaired) electrons. The molecule has 0 aliphatic carbocycles. The number of ether oxygens (including phenoxy) is 2. The number of nitrogens with zero attached hydrogens (tertiary/aromatic N) is 1. The molecular formula is C18H20N2O5. The summed E-state index contributed by atoms with van der Waals surface area (Å²) < 4.78 is 11.3. The van der Waals surface area contributed by atoms with Gasteiger partial charge in [0, 0.05) is 18.4 Å². The lowest BCUT2D eigenvalue weighted by Crippen LogP contribution is -2.17. The fourth-order valence-electron chi connectivity index (χ4n) is 2.46. The van der Waals surface area contributed by atoms with Crippen molar-refractivity contribution in [2.45, 2.75) is 13.8 Å². The van der Waals surface area contributed by atoms with E-state index in [0.29, 0.717) is 5.56 Å². The van der Waals surface area contributed by atoms with E-state index in [1.54, 1.807) is 6.07 Å². The van der Waals surface area contributed by atoms with Crippen molar-refractivity contribution in [2.24, 2.45) is 7.05 Å². The molecule has 1 aromatic carbocycles. The van der Waals surface area contributed by atoms with Crippen molar-refractivity contribution in [2.75, 3.05) is 19.5 Å². The van der Waals surface area contributed by atoms with Gasteiger partial charge in [0.15, 0.2) is 0 Å². The summed E-state index contributed by atoms with van der Waals surface area (Å²) in [6.45, 7) is 3.72. The number of esters is 2. The molecule has 0 bridgehead atoms. The lowest BCUT2D eigenvalue weighted by atomic mass is 10.1. The van der Waals surface area contributed by atoms with Crippen molar-refractivity contribution in [3.8, 4) is 0 Å². The van der Waals surface area contributed by atoms with Crippen molar-refractivity contribution in [1.29, 1.82) is 0 Å². The van der Waals surface area contributed by atoms with Crippen LogP contribution < -0.4 is 5.32 Å². The highest BCUT2D eigenvalue weighted by molar-refractivity contribution is 6.09. The smallest absolute Gasteiger partial charge is 0.339 e. The Hall–Kier alpha value is -3.09. The summed E-state index contributed by atoms with van der Waals surface area (Å²) in [5, 5.41) is 2.68. The van der Waals surface area contributed by atoms with E-state index < -0.39 is 11.9 Å². The topological polar surface area (TPSA) is 86.6 Å². The molecule has 1 heterocycles. The third-order valence-corrected chi connectivity index (χ3v) is 4.11. The molecule has 2 aromatic rings. The van der Waals surface area contributed by atoms with Crippen molar-refractivity contribution in [1.82, 2.24) is 4.57 Å². The van der Waals surface area contributed by atoms with Gasteiger partial charge in [-0.1, -0.05) is 0 Å². The minimum atomic E-state index is -0.618. The van der Waals surface area contributed by atoms with Crippen LogP contribution in [0.5, 0.6) is 0 Å². The Morgan fingerprint density at radius 1 is 0.960 bits per heavy atom. The molecule has 1 N–H and O–H groups in total.